The minimum atomic E-state index is 0.911. The van der Waals surface area contributed by atoms with E-state index >= 15 is 0 Å². The number of benzene rings is 1. The van der Waals surface area contributed by atoms with Crippen molar-refractivity contribution in [2.45, 2.75) is 25.8 Å². The summed E-state index contributed by atoms with van der Waals surface area (Å²) in [5, 5.41) is 6.09. The molecule has 2 aromatic rings. The molecule has 106 valence electrons. The van der Waals surface area contributed by atoms with Crippen LogP contribution in [0.1, 0.15) is 24.8 Å². The molecule has 0 unspecified atom stereocenters. The number of hydrogen-bond acceptors (Lipinski definition) is 3. The third-order valence-electron chi connectivity index (χ3n) is 4.09. The van der Waals surface area contributed by atoms with Crippen LogP contribution in [-0.4, -0.2) is 36.1 Å². The van der Waals surface area contributed by atoms with E-state index in [1.54, 1.807) is 0 Å². The van der Waals surface area contributed by atoms with Crippen LogP contribution in [0.15, 0.2) is 36.7 Å². The van der Waals surface area contributed by atoms with E-state index in [1.165, 1.54) is 55.2 Å². The summed E-state index contributed by atoms with van der Waals surface area (Å²) in [7, 11) is 0. The van der Waals surface area contributed by atoms with Gasteiger partial charge >= 0.3 is 0 Å². The maximum Gasteiger partial charge on any atom is 0.0346 e. The van der Waals surface area contributed by atoms with Gasteiger partial charge in [-0.05, 0) is 56.4 Å². The molecule has 1 N–H and O–H groups in total. The second kappa shape index (κ2) is 6.82. The van der Waals surface area contributed by atoms with E-state index in [1.807, 2.05) is 12.4 Å². The lowest BCUT2D eigenvalue weighted by molar-refractivity contribution is 0.331. The third kappa shape index (κ3) is 3.35. The lowest BCUT2D eigenvalue weighted by atomic mass is 10.1. The highest BCUT2D eigenvalue weighted by Crippen LogP contribution is 2.16. The van der Waals surface area contributed by atoms with Crippen molar-refractivity contribution in [1.82, 2.24) is 15.2 Å². The van der Waals surface area contributed by atoms with Crippen molar-refractivity contribution in [3.05, 3.63) is 42.2 Å². The molecule has 0 radical (unpaired) electrons. The fourth-order valence-electron chi connectivity index (χ4n) is 2.98. The molecule has 0 saturated carbocycles. The molecule has 0 aliphatic carbocycles. The number of aromatic nitrogens is 1. The van der Waals surface area contributed by atoms with Gasteiger partial charge in [0.25, 0.3) is 0 Å². The molecule has 3 nitrogen and oxygen atoms in total. The summed E-state index contributed by atoms with van der Waals surface area (Å²) < 4.78 is 0. The fourth-order valence-corrected chi connectivity index (χ4v) is 2.98. The molecule has 1 aliphatic heterocycles. The van der Waals surface area contributed by atoms with Gasteiger partial charge in [-0.3, -0.25) is 4.98 Å². The molecule has 1 aromatic heterocycles. The predicted molar refractivity (Wildman–Crippen MR) is 83.7 cm³/mol. The van der Waals surface area contributed by atoms with E-state index in [9.17, 15) is 0 Å². The Hall–Kier alpha value is -1.45. The number of hydrogen-bond donors (Lipinski definition) is 1. The first-order valence-corrected chi connectivity index (χ1v) is 7.68. The summed E-state index contributed by atoms with van der Waals surface area (Å²) in [4.78, 5) is 6.90. The van der Waals surface area contributed by atoms with Crippen LogP contribution in [0.2, 0.25) is 0 Å². The largest absolute Gasteiger partial charge is 0.313 e. The molecule has 1 aliphatic rings. The molecule has 0 atom stereocenters. The van der Waals surface area contributed by atoms with Gasteiger partial charge in [0.15, 0.2) is 0 Å². The number of fused-ring (bicyclic) bond motifs is 1. The highest BCUT2D eigenvalue weighted by atomic mass is 15.1. The Morgan fingerprint density at radius 2 is 1.95 bits per heavy atom. The molecule has 0 amide bonds. The Morgan fingerprint density at radius 3 is 2.85 bits per heavy atom. The van der Waals surface area contributed by atoms with Gasteiger partial charge in [-0.15, -0.1) is 0 Å². The normalized spacial score (nSPS) is 16.0. The molecular weight excluding hydrogens is 246 g/mol. The minimum absolute atomic E-state index is 0.911. The topological polar surface area (TPSA) is 28.2 Å². The highest BCUT2D eigenvalue weighted by molar-refractivity contribution is 5.84. The number of likely N-dealkylation sites (tertiary alicyclic amines) is 1. The van der Waals surface area contributed by atoms with Gasteiger partial charge in [0.2, 0.25) is 0 Å². The van der Waals surface area contributed by atoms with Crippen LogP contribution in [0.25, 0.3) is 10.8 Å². The standard InChI is InChI=1S/C17H23N3/c1-2-7-17-15(6-1)12-19-14-16(17)13-18-8-5-11-20-9-3-4-10-20/h1-2,6-7,12,14,18H,3-5,8-11,13H2. The molecule has 1 aromatic carbocycles. The Morgan fingerprint density at radius 1 is 1.10 bits per heavy atom. The average Bonchev–Trinajstić information content (AvgIpc) is 3.00. The average molecular weight is 269 g/mol. The minimum Gasteiger partial charge on any atom is -0.313 e. The van der Waals surface area contributed by atoms with Crippen molar-refractivity contribution in [2.75, 3.05) is 26.2 Å². The van der Waals surface area contributed by atoms with E-state index in [-0.39, 0.29) is 0 Å². The second-order valence-electron chi connectivity index (χ2n) is 5.60. The molecular formula is C17H23N3. The van der Waals surface area contributed by atoms with Gasteiger partial charge in [-0.2, -0.15) is 0 Å². The second-order valence-corrected chi connectivity index (χ2v) is 5.60. The van der Waals surface area contributed by atoms with E-state index < -0.39 is 0 Å². The Balaban J connectivity index is 1.47. The first-order valence-electron chi connectivity index (χ1n) is 7.68. The van der Waals surface area contributed by atoms with E-state index in [0.717, 1.165) is 13.1 Å². The maximum absolute atomic E-state index is 4.33. The summed E-state index contributed by atoms with van der Waals surface area (Å²) in [5.74, 6) is 0. The van der Waals surface area contributed by atoms with Gasteiger partial charge in [-0.1, -0.05) is 24.3 Å². The van der Waals surface area contributed by atoms with Crippen LogP contribution in [-0.2, 0) is 6.54 Å². The molecule has 0 bridgehead atoms. The van der Waals surface area contributed by atoms with Crippen LogP contribution in [0, 0.1) is 0 Å². The van der Waals surface area contributed by atoms with Gasteiger partial charge < -0.3 is 10.2 Å². The van der Waals surface area contributed by atoms with Crippen LogP contribution < -0.4 is 5.32 Å². The zero-order valence-corrected chi connectivity index (χ0v) is 12.0. The molecule has 1 fully saturated rings. The van der Waals surface area contributed by atoms with Gasteiger partial charge in [0.05, 0.1) is 0 Å². The predicted octanol–water partition coefficient (Wildman–Crippen LogP) is 2.81. The first kappa shape index (κ1) is 13.5. The molecule has 3 rings (SSSR count). The summed E-state index contributed by atoms with van der Waals surface area (Å²) in [5.41, 5.74) is 1.30. The molecule has 3 heteroatoms. The summed E-state index contributed by atoms with van der Waals surface area (Å²) in [6.45, 7) is 5.83. The smallest absolute Gasteiger partial charge is 0.0346 e. The first-order chi connectivity index (χ1) is 9.93. The van der Waals surface area contributed by atoms with Crippen molar-refractivity contribution in [3.8, 4) is 0 Å². The van der Waals surface area contributed by atoms with Gasteiger partial charge in [-0.25, -0.2) is 0 Å². The van der Waals surface area contributed by atoms with E-state index in [4.69, 9.17) is 0 Å². The van der Waals surface area contributed by atoms with Crippen LogP contribution >= 0.6 is 0 Å². The summed E-state index contributed by atoms with van der Waals surface area (Å²) >= 11 is 0. The maximum atomic E-state index is 4.33. The Kier molecular flexibility index (Phi) is 4.61. The van der Waals surface area contributed by atoms with Crippen molar-refractivity contribution in [2.24, 2.45) is 0 Å². The van der Waals surface area contributed by atoms with Crippen LogP contribution in [0.5, 0.6) is 0 Å². The van der Waals surface area contributed by atoms with Gasteiger partial charge in [0.1, 0.15) is 0 Å². The van der Waals surface area contributed by atoms with Gasteiger partial charge in [0, 0.05) is 24.3 Å². The van der Waals surface area contributed by atoms with Crippen molar-refractivity contribution in [1.29, 1.82) is 0 Å². The molecule has 20 heavy (non-hydrogen) atoms. The molecule has 0 spiro atoms. The number of rotatable bonds is 6. The quantitative estimate of drug-likeness (QED) is 0.817. The van der Waals surface area contributed by atoms with E-state index in [0.29, 0.717) is 0 Å². The van der Waals surface area contributed by atoms with Crippen LogP contribution in [0.4, 0.5) is 0 Å². The Bertz CT molecular complexity index is 541. The number of pyridine rings is 1. The number of nitrogens with one attached hydrogen (secondary N) is 1. The van der Waals surface area contributed by atoms with Crippen LogP contribution in [0.3, 0.4) is 0 Å². The summed E-state index contributed by atoms with van der Waals surface area (Å²) in [6, 6.07) is 8.47. The SMILES string of the molecule is c1ccc2c(CNCCCN3CCCC3)cncc2c1. The lowest BCUT2D eigenvalue weighted by Gasteiger charge is -2.14. The van der Waals surface area contributed by atoms with Crippen molar-refractivity contribution in [3.63, 3.8) is 0 Å². The monoisotopic (exact) mass is 269 g/mol. The van der Waals surface area contributed by atoms with E-state index in [2.05, 4.69) is 39.5 Å². The summed E-state index contributed by atoms with van der Waals surface area (Å²) in [6.07, 6.45) is 7.92. The number of nitrogens with zero attached hydrogens (tertiary/aromatic N) is 2. The van der Waals surface area contributed by atoms with Crippen molar-refractivity contribution >= 4 is 10.8 Å². The van der Waals surface area contributed by atoms with Crippen molar-refractivity contribution < 1.29 is 0 Å². The zero-order valence-electron chi connectivity index (χ0n) is 12.0. The Labute approximate surface area is 121 Å². The zero-order chi connectivity index (χ0) is 13.6. The lowest BCUT2D eigenvalue weighted by Crippen LogP contribution is -2.24. The molecule has 2 heterocycles. The molecule has 1 saturated heterocycles. The fraction of sp³-hybridized carbons (Fsp3) is 0.471. The highest BCUT2D eigenvalue weighted by Gasteiger charge is 2.09. The third-order valence-corrected chi connectivity index (χ3v) is 4.09.